The zero-order chi connectivity index (χ0) is 28.8. The molecule has 2 fully saturated rings. The molecule has 0 unspecified atom stereocenters. The first kappa shape index (κ1) is 30.0. The van der Waals surface area contributed by atoms with E-state index < -0.39 is 0 Å². The van der Waals surface area contributed by atoms with Crippen LogP contribution in [0.15, 0.2) is 23.8 Å². The predicted octanol–water partition coefficient (Wildman–Crippen LogP) is 5.19. The topological polar surface area (TPSA) is 91.8 Å². The first-order valence-electron chi connectivity index (χ1n) is 14.3. The summed E-state index contributed by atoms with van der Waals surface area (Å²) in [4.78, 5) is 47.9. The number of Topliss-reactive ketones (excluding diaryl/α,β-unsaturated/α-hetero) is 1. The van der Waals surface area contributed by atoms with Crippen molar-refractivity contribution in [1.82, 2.24) is 24.8 Å². The quantitative estimate of drug-likeness (QED) is 0.201. The van der Waals surface area contributed by atoms with Crippen LogP contribution in [0.25, 0.3) is 10.6 Å². The van der Waals surface area contributed by atoms with Crippen LogP contribution in [0.2, 0.25) is 5.02 Å². The summed E-state index contributed by atoms with van der Waals surface area (Å²) in [6.07, 6.45) is 7.17. The maximum Gasteiger partial charge on any atom is 0.305 e. The zero-order valence-corrected chi connectivity index (χ0v) is 26.1. The molecule has 9 nitrogen and oxygen atoms in total. The molecular weight excluding hydrogens is 580 g/mol. The molecule has 3 aromatic rings. The molecule has 2 aliphatic rings. The summed E-state index contributed by atoms with van der Waals surface area (Å²) >= 11 is 9.43. The molecule has 5 heterocycles. The fraction of sp³-hybridized carbons (Fsp3) is 0.552. The minimum absolute atomic E-state index is 0.0823. The van der Waals surface area contributed by atoms with E-state index in [0.29, 0.717) is 29.8 Å². The number of halogens is 1. The number of nitrogens with zero attached hydrogens (tertiary/aromatic N) is 6. The summed E-state index contributed by atoms with van der Waals surface area (Å²) in [6, 6.07) is 2.51. The Hall–Kier alpha value is -2.44. The Bertz CT molecular complexity index is 1320. The number of carbonyl (C=O) groups excluding carboxylic acids is 2. The van der Waals surface area contributed by atoms with Crippen molar-refractivity contribution in [2.24, 2.45) is 0 Å². The van der Waals surface area contributed by atoms with Crippen molar-refractivity contribution in [3.63, 3.8) is 0 Å². The molecule has 2 aliphatic heterocycles. The number of carbonyl (C=O) groups is 2. The lowest BCUT2D eigenvalue weighted by Crippen LogP contribution is -2.47. The summed E-state index contributed by atoms with van der Waals surface area (Å²) in [6.45, 7) is 10.8. The predicted molar refractivity (Wildman–Crippen MR) is 164 cm³/mol. The highest BCUT2D eigenvalue weighted by atomic mass is 35.5. The molecule has 41 heavy (non-hydrogen) atoms. The first-order valence-corrected chi connectivity index (χ1v) is 16.4. The lowest BCUT2D eigenvalue weighted by atomic mass is 10.2. The molecular formula is C29H37ClN6O3S2. The Morgan fingerprint density at radius 1 is 1.15 bits per heavy atom. The number of hydrogen-bond donors (Lipinski definition) is 0. The number of thiophene rings is 1. The van der Waals surface area contributed by atoms with Crippen LogP contribution in [0.3, 0.4) is 0 Å². The van der Waals surface area contributed by atoms with Gasteiger partial charge in [0.2, 0.25) is 0 Å². The van der Waals surface area contributed by atoms with Crippen molar-refractivity contribution in [1.29, 1.82) is 0 Å². The Morgan fingerprint density at radius 3 is 2.63 bits per heavy atom. The molecule has 0 radical (unpaired) electrons. The van der Waals surface area contributed by atoms with Crippen LogP contribution >= 0.6 is 34.3 Å². The molecule has 0 N–H and O–H groups in total. The minimum Gasteiger partial charge on any atom is -0.466 e. The van der Waals surface area contributed by atoms with Crippen LogP contribution in [-0.2, 0) is 22.5 Å². The molecule has 0 saturated carbocycles. The third kappa shape index (κ3) is 7.90. The van der Waals surface area contributed by atoms with E-state index in [9.17, 15) is 9.59 Å². The number of thiazole rings is 1. The van der Waals surface area contributed by atoms with Crippen LogP contribution in [0, 0.1) is 0 Å². The molecule has 0 spiro atoms. The standard InChI is InChI=1S/C29H37ClN6O3S2/c1-3-39-28(38)7-5-8-34-10-12-35(13-11-34)26-17-31-22(16-32-26)23(37)15-27-33-29(24-14-21(30)19-40-24)25(41-27)18-36-9-4-6-20(36)2/h14,16-17,19-20H,3-13,15,18H2,1-2H3/t20-/m1/s1. The van der Waals surface area contributed by atoms with Crippen molar-refractivity contribution >= 4 is 51.8 Å². The molecule has 220 valence electrons. The Labute approximate surface area is 254 Å². The van der Waals surface area contributed by atoms with E-state index in [-0.39, 0.29) is 18.2 Å². The van der Waals surface area contributed by atoms with Gasteiger partial charge in [0.1, 0.15) is 16.5 Å². The third-order valence-electron chi connectivity index (χ3n) is 7.67. The Kier molecular flexibility index (Phi) is 10.4. The normalized spacial score (nSPS) is 18.2. The number of esters is 1. The van der Waals surface area contributed by atoms with E-state index in [2.05, 4.69) is 31.6 Å². The molecule has 0 amide bonds. The number of hydrogen-bond acceptors (Lipinski definition) is 11. The zero-order valence-electron chi connectivity index (χ0n) is 23.7. The third-order valence-corrected chi connectivity index (χ3v) is 10.00. The molecule has 1 atom stereocenters. The van der Waals surface area contributed by atoms with Gasteiger partial charge in [-0.1, -0.05) is 11.6 Å². The minimum atomic E-state index is -0.129. The maximum absolute atomic E-state index is 13.2. The van der Waals surface area contributed by atoms with Crippen LogP contribution < -0.4 is 4.90 Å². The van der Waals surface area contributed by atoms with Gasteiger partial charge in [-0.15, -0.1) is 22.7 Å². The fourth-order valence-corrected chi connectivity index (χ4v) is 7.62. The number of ether oxygens (including phenoxy) is 1. The number of anilines is 1. The van der Waals surface area contributed by atoms with Crippen molar-refractivity contribution < 1.29 is 14.3 Å². The average molecular weight is 617 g/mol. The number of rotatable bonds is 12. The Balaban J connectivity index is 1.17. The molecule has 5 rings (SSSR count). The van der Waals surface area contributed by atoms with E-state index >= 15 is 0 Å². The second-order valence-electron chi connectivity index (χ2n) is 10.6. The SMILES string of the molecule is CCOC(=O)CCCN1CCN(c2cnc(C(=O)Cc3nc(-c4cc(Cl)cs4)c(CN4CCC[C@H]4C)s3)cn2)CC1. The van der Waals surface area contributed by atoms with Gasteiger partial charge in [0.15, 0.2) is 5.78 Å². The van der Waals surface area contributed by atoms with Crippen LogP contribution in [-0.4, -0.2) is 88.4 Å². The lowest BCUT2D eigenvalue weighted by Gasteiger charge is -2.35. The van der Waals surface area contributed by atoms with Crippen molar-refractivity contribution in [2.45, 2.75) is 58.5 Å². The summed E-state index contributed by atoms with van der Waals surface area (Å²) in [5, 5.41) is 3.43. The lowest BCUT2D eigenvalue weighted by molar-refractivity contribution is -0.143. The smallest absolute Gasteiger partial charge is 0.305 e. The van der Waals surface area contributed by atoms with E-state index in [4.69, 9.17) is 21.3 Å². The average Bonchev–Trinajstić information content (AvgIpc) is 3.69. The number of piperazine rings is 1. The first-order chi connectivity index (χ1) is 19.9. The summed E-state index contributed by atoms with van der Waals surface area (Å²) < 4.78 is 5.01. The highest BCUT2D eigenvalue weighted by molar-refractivity contribution is 7.15. The number of ketones is 1. The van der Waals surface area contributed by atoms with Gasteiger partial charge >= 0.3 is 5.97 Å². The van der Waals surface area contributed by atoms with E-state index in [1.807, 2.05) is 18.4 Å². The maximum atomic E-state index is 13.2. The van der Waals surface area contributed by atoms with Gasteiger partial charge in [-0.05, 0) is 52.3 Å². The molecule has 2 saturated heterocycles. The van der Waals surface area contributed by atoms with E-state index in [1.165, 1.54) is 17.7 Å². The highest BCUT2D eigenvalue weighted by Gasteiger charge is 2.25. The van der Waals surface area contributed by atoms with Gasteiger partial charge in [0, 0.05) is 55.4 Å². The molecule has 12 heteroatoms. The molecule has 3 aromatic heterocycles. The monoisotopic (exact) mass is 616 g/mol. The van der Waals surface area contributed by atoms with Crippen molar-refractivity contribution in [3.05, 3.63) is 44.4 Å². The van der Waals surface area contributed by atoms with Gasteiger partial charge < -0.3 is 9.64 Å². The van der Waals surface area contributed by atoms with Gasteiger partial charge in [-0.25, -0.2) is 15.0 Å². The molecule has 0 bridgehead atoms. The van der Waals surface area contributed by atoms with E-state index in [0.717, 1.165) is 73.6 Å². The largest absolute Gasteiger partial charge is 0.466 e. The summed E-state index contributed by atoms with van der Waals surface area (Å²) in [7, 11) is 0. The molecule has 0 aromatic carbocycles. The second kappa shape index (κ2) is 14.2. The van der Waals surface area contributed by atoms with Gasteiger partial charge in [0.05, 0.1) is 41.0 Å². The van der Waals surface area contributed by atoms with Crippen molar-refractivity contribution in [3.8, 4) is 10.6 Å². The van der Waals surface area contributed by atoms with Crippen LogP contribution in [0.1, 0.15) is 59.9 Å². The van der Waals surface area contributed by atoms with Crippen LogP contribution in [0.4, 0.5) is 5.82 Å². The summed E-state index contributed by atoms with van der Waals surface area (Å²) in [5.74, 6) is 0.567. The highest BCUT2D eigenvalue weighted by Crippen LogP contribution is 2.36. The van der Waals surface area contributed by atoms with Gasteiger partial charge in [-0.3, -0.25) is 19.4 Å². The fourth-order valence-electron chi connectivity index (χ4n) is 5.36. The van der Waals surface area contributed by atoms with Gasteiger partial charge in [-0.2, -0.15) is 0 Å². The number of likely N-dealkylation sites (tertiary alicyclic amines) is 1. The Morgan fingerprint density at radius 2 is 1.98 bits per heavy atom. The van der Waals surface area contributed by atoms with E-state index in [1.54, 1.807) is 35.1 Å². The summed E-state index contributed by atoms with van der Waals surface area (Å²) in [5.41, 5.74) is 1.30. The second-order valence-corrected chi connectivity index (χ2v) is 13.1. The van der Waals surface area contributed by atoms with Crippen LogP contribution in [0.5, 0.6) is 0 Å². The number of aromatic nitrogens is 3. The molecule has 0 aliphatic carbocycles. The van der Waals surface area contributed by atoms with Gasteiger partial charge in [0.25, 0.3) is 0 Å². The van der Waals surface area contributed by atoms with Crippen molar-refractivity contribution in [2.75, 3.05) is 50.8 Å².